The molecule has 2 N–H and O–H groups in total. The third-order valence-corrected chi connectivity index (χ3v) is 7.86. The van der Waals surface area contributed by atoms with Gasteiger partial charge in [0.1, 0.15) is 12.1 Å². The van der Waals surface area contributed by atoms with Crippen LogP contribution in [0.15, 0.2) is 53.4 Å². The molecule has 1 aliphatic rings. The number of rotatable bonds is 8. The Labute approximate surface area is 197 Å². The first-order valence-corrected chi connectivity index (χ1v) is 12.2. The second-order valence-electron chi connectivity index (χ2n) is 7.59. The predicted molar refractivity (Wildman–Crippen MR) is 124 cm³/mol. The van der Waals surface area contributed by atoms with Crippen molar-refractivity contribution in [3.05, 3.63) is 59.1 Å². The van der Waals surface area contributed by atoms with Crippen LogP contribution in [0.25, 0.3) is 0 Å². The van der Waals surface area contributed by atoms with Crippen LogP contribution in [-0.2, 0) is 25.2 Å². The monoisotopic (exact) mass is 492 g/mol. The van der Waals surface area contributed by atoms with Crippen molar-refractivity contribution in [2.45, 2.75) is 31.2 Å². The molecule has 3 rings (SSSR count). The molecule has 0 spiro atoms. The first-order chi connectivity index (χ1) is 15.5. The molecule has 0 aromatic heterocycles. The van der Waals surface area contributed by atoms with Gasteiger partial charge >= 0.3 is 6.03 Å². The number of benzene rings is 2. The van der Waals surface area contributed by atoms with Crippen molar-refractivity contribution in [3.8, 4) is 0 Å². The van der Waals surface area contributed by atoms with Crippen LogP contribution in [-0.4, -0.2) is 55.1 Å². The normalized spacial score (nSPS) is 18.5. The summed E-state index contributed by atoms with van der Waals surface area (Å²) in [6.45, 7) is 5.21. The number of urea groups is 1. The number of nitrogens with zero attached hydrogens (tertiary/aromatic N) is 2. The molecule has 1 saturated heterocycles. The van der Waals surface area contributed by atoms with Crippen LogP contribution >= 0.6 is 11.6 Å². The molecule has 1 aliphatic heterocycles. The van der Waals surface area contributed by atoms with Gasteiger partial charge in [-0.15, -0.1) is 0 Å². The molecule has 0 bridgehead atoms. The topological polar surface area (TPSA) is 116 Å². The molecular formula is C22H25ClN4O5S. The Morgan fingerprint density at radius 1 is 1.09 bits per heavy atom. The minimum absolute atomic E-state index is 0.105. The van der Waals surface area contributed by atoms with Crippen LogP contribution in [0.4, 0.5) is 10.5 Å². The van der Waals surface area contributed by atoms with Gasteiger partial charge in [0.05, 0.1) is 4.90 Å². The first-order valence-electron chi connectivity index (χ1n) is 10.3. The quantitative estimate of drug-likeness (QED) is 0.550. The highest BCUT2D eigenvalue weighted by Crippen LogP contribution is 2.33. The number of hydrogen-bond donors (Lipinski definition) is 2. The highest BCUT2D eigenvalue weighted by molar-refractivity contribution is 7.89. The molecule has 1 fully saturated rings. The fraction of sp³-hybridized carbons (Fsp3) is 0.318. The van der Waals surface area contributed by atoms with Gasteiger partial charge in [0, 0.05) is 29.4 Å². The Kier molecular flexibility index (Phi) is 7.11. The summed E-state index contributed by atoms with van der Waals surface area (Å²) in [5.41, 5.74) is -0.631. The SMILES string of the molecule is CCN(CC)S(=O)(=O)c1ccc(NC(=O)CN2C(=O)N[C@@](C)(c3ccccc3Cl)C2=O)cc1. The van der Waals surface area contributed by atoms with Gasteiger partial charge in [-0.3, -0.25) is 14.5 Å². The number of amides is 4. The number of halogens is 1. The molecule has 11 heteroatoms. The molecular weight excluding hydrogens is 468 g/mol. The predicted octanol–water partition coefficient (Wildman–Crippen LogP) is 2.78. The molecule has 0 unspecified atom stereocenters. The summed E-state index contributed by atoms with van der Waals surface area (Å²) in [5, 5.41) is 5.50. The Balaban J connectivity index is 1.71. The lowest BCUT2D eigenvalue weighted by Crippen LogP contribution is -2.42. The van der Waals surface area contributed by atoms with Gasteiger partial charge in [0.2, 0.25) is 15.9 Å². The van der Waals surface area contributed by atoms with E-state index in [1.807, 2.05) is 0 Å². The molecule has 176 valence electrons. The van der Waals surface area contributed by atoms with Crippen LogP contribution < -0.4 is 10.6 Å². The van der Waals surface area contributed by atoms with Crippen molar-refractivity contribution >= 4 is 45.2 Å². The van der Waals surface area contributed by atoms with E-state index >= 15 is 0 Å². The van der Waals surface area contributed by atoms with Crippen molar-refractivity contribution in [2.75, 3.05) is 25.0 Å². The number of anilines is 1. The maximum atomic E-state index is 13.0. The van der Waals surface area contributed by atoms with Crippen LogP contribution in [0.2, 0.25) is 5.02 Å². The highest BCUT2D eigenvalue weighted by Gasteiger charge is 2.50. The molecule has 2 aromatic rings. The number of carbonyl (C=O) groups excluding carboxylic acids is 3. The summed E-state index contributed by atoms with van der Waals surface area (Å²) >= 11 is 6.20. The summed E-state index contributed by atoms with van der Waals surface area (Å²) in [6.07, 6.45) is 0. The average molecular weight is 493 g/mol. The standard InChI is InChI=1S/C22H25ClN4O5S/c1-4-26(5-2)33(31,32)16-12-10-15(11-13-16)24-19(28)14-27-20(29)22(3,25-21(27)30)17-8-6-7-9-18(17)23/h6-13H,4-5,14H2,1-3H3,(H,24,28)(H,25,30)/t22-/m0/s1. The zero-order valence-corrected chi connectivity index (χ0v) is 20.0. The Morgan fingerprint density at radius 2 is 1.70 bits per heavy atom. The summed E-state index contributed by atoms with van der Waals surface area (Å²) in [5.74, 6) is -1.21. The van der Waals surface area contributed by atoms with Gasteiger partial charge in [-0.25, -0.2) is 13.2 Å². The smallest absolute Gasteiger partial charge is 0.325 e. The molecule has 0 aliphatic carbocycles. The van der Waals surface area contributed by atoms with Crippen LogP contribution in [0, 0.1) is 0 Å². The summed E-state index contributed by atoms with van der Waals surface area (Å²) in [4.78, 5) is 38.9. The second kappa shape index (κ2) is 9.50. The van der Waals surface area contributed by atoms with Crippen LogP contribution in [0.3, 0.4) is 0 Å². The van der Waals surface area contributed by atoms with Gasteiger partial charge in [0.15, 0.2) is 0 Å². The molecule has 33 heavy (non-hydrogen) atoms. The Bertz CT molecular complexity index is 1180. The van der Waals surface area contributed by atoms with E-state index in [1.54, 1.807) is 38.1 Å². The molecule has 0 radical (unpaired) electrons. The third kappa shape index (κ3) is 4.73. The lowest BCUT2D eigenvalue weighted by Gasteiger charge is -2.23. The fourth-order valence-electron chi connectivity index (χ4n) is 3.66. The van der Waals surface area contributed by atoms with E-state index in [1.165, 1.54) is 35.5 Å². The fourth-order valence-corrected chi connectivity index (χ4v) is 5.44. The Morgan fingerprint density at radius 3 is 2.27 bits per heavy atom. The van der Waals surface area contributed by atoms with Gasteiger partial charge in [-0.1, -0.05) is 43.6 Å². The lowest BCUT2D eigenvalue weighted by atomic mass is 9.92. The molecule has 4 amide bonds. The van der Waals surface area contributed by atoms with E-state index in [9.17, 15) is 22.8 Å². The largest absolute Gasteiger partial charge is 0.325 e. The van der Waals surface area contributed by atoms with Crippen molar-refractivity contribution < 1.29 is 22.8 Å². The van der Waals surface area contributed by atoms with Crippen molar-refractivity contribution in [1.29, 1.82) is 0 Å². The molecule has 2 aromatic carbocycles. The van der Waals surface area contributed by atoms with E-state index < -0.39 is 40.0 Å². The molecule has 9 nitrogen and oxygen atoms in total. The van der Waals surface area contributed by atoms with Gasteiger partial charge < -0.3 is 10.6 Å². The zero-order valence-electron chi connectivity index (χ0n) is 18.5. The lowest BCUT2D eigenvalue weighted by molar-refractivity contribution is -0.133. The molecule has 0 saturated carbocycles. The third-order valence-electron chi connectivity index (χ3n) is 5.47. The van der Waals surface area contributed by atoms with Gasteiger partial charge in [0.25, 0.3) is 5.91 Å². The summed E-state index contributed by atoms with van der Waals surface area (Å²) in [7, 11) is -3.62. The maximum absolute atomic E-state index is 13.0. The zero-order chi connectivity index (χ0) is 24.4. The van der Waals surface area contributed by atoms with Gasteiger partial charge in [-0.2, -0.15) is 4.31 Å². The van der Waals surface area contributed by atoms with E-state index in [0.29, 0.717) is 29.4 Å². The van der Waals surface area contributed by atoms with Crippen LogP contribution in [0.1, 0.15) is 26.3 Å². The highest BCUT2D eigenvalue weighted by atomic mass is 35.5. The van der Waals surface area contributed by atoms with Crippen LogP contribution in [0.5, 0.6) is 0 Å². The second-order valence-corrected chi connectivity index (χ2v) is 9.93. The first kappa shape index (κ1) is 24.7. The summed E-state index contributed by atoms with van der Waals surface area (Å²) < 4.78 is 26.5. The minimum atomic E-state index is -3.62. The van der Waals surface area contributed by atoms with E-state index in [2.05, 4.69) is 10.6 Å². The van der Waals surface area contributed by atoms with Crippen molar-refractivity contribution in [3.63, 3.8) is 0 Å². The van der Waals surface area contributed by atoms with E-state index in [4.69, 9.17) is 11.6 Å². The Hall–Kier alpha value is -2.95. The number of hydrogen-bond acceptors (Lipinski definition) is 5. The maximum Gasteiger partial charge on any atom is 0.325 e. The van der Waals surface area contributed by atoms with Crippen molar-refractivity contribution in [1.82, 2.24) is 14.5 Å². The van der Waals surface area contributed by atoms with Crippen molar-refractivity contribution in [2.24, 2.45) is 0 Å². The summed E-state index contributed by atoms with van der Waals surface area (Å²) in [6, 6.07) is 11.6. The number of nitrogens with one attached hydrogen (secondary N) is 2. The van der Waals surface area contributed by atoms with E-state index in [-0.39, 0.29) is 4.90 Å². The minimum Gasteiger partial charge on any atom is -0.325 e. The number of imide groups is 1. The van der Waals surface area contributed by atoms with E-state index in [0.717, 1.165) is 4.90 Å². The van der Waals surface area contributed by atoms with Gasteiger partial charge in [-0.05, 0) is 37.3 Å². The number of carbonyl (C=O) groups is 3. The number of sulfonamides is 1. The molecule has 1 heterocycles. The molecule has 1 atom stereocenters. The average Bonchev–Trinajstić information content (AvgIpc) is 2.98.